The third kappa shape index (κ3) is 4.18. The number of rotatable bonds is 4. The molecular weight excluding hydrogens is 306 g/mol. The number of nitrogens with one attached hydrogen (secondary N) is 1. The van der Waals surface area contributed by atoms with Crippen LogP contribution in [0.2, 0.25) is 0 Å². The average Bonchev–Trinajstić information content (AvgIpc) is 3.04. The number of likely N-dealkylation sites (tertiary alicyclic amines) is 1. The first-order chi connectivity index (χ1) is 11.7. The number of carbonyl (C=O) groups excluding carboxylic acids is 2. The largest absolute Gasteiger partial charge is 0.333 e. The molecule has 0 radical (unpaired) electrons. The van der Waals surface area contributed by atoms with Crippen molar-refractivity contribution in [3.05, 3.63) is 36.5 Å². The molecule has 1 N–H and O–H groups in total. The van der Waals surface area contributed by atoms with Crippen molar-refractivity contribution in [3.63, 3.8) is 0 Å². The summed E-state index contributed by atoms with van der Waals surface area (Å²) in [6, 6.07) is 9.54. The maximum absolute atomic E-state index is 12.2. The molecule has 0 unspecified atom stereocenters. The van der Waals surface area contributed by atoms with E-state index in [2.05, 4.69) is 15.6 Å². The van der Waals surface area contributed by atoms with Gasteiger partial charge < -0.3 is 10.2 Å². The Morgan fingerprint density at radius 3 is 2.75 bits per heavy atom. The molecule has 2 amide bonds. The Morgan fingerprint density at radius 1 is 1.12 bits per heavy atom. The SMILES string of the molecule is O=C(CN1CCCCCCC1=O)Nc1cn(-c2ccccc2)nn1. The van der Waals surface area contributed by atoms with Gasteiger partial charge in [0.1, 0.15) is 0 Å². The summed E-state index contributed by atoms with van der Waals surface area (Å²) in [6.45, 7) is 0.708. The van der Waals surface area contributed by atoms with E-state index in [0.717, 1.165) is 31.4 Å². The number of nitrogens with zero attached hydrogens (tertiary/aromatic N) is 4. The number of para-hydroxylation sites is 1. The van der Waals surface area contributed by atoms with Crippen molar-refractivity contribution in [3.8, 4) is 5.69 Å². The van der Waals surface area contributed by atoms with E-state index < -0.39 is 0 Å². The van der Waals surface area contributed by atoms with E-state index in [1.807, 2.05) is 30.3 Å². The zero-order chi connectivity index (χ0) is 16.8. The Kier molecular flexibility index (Phi) is 5.20. The van der Waals surface area contributed by atoms with Crippen LogP contribution in [0.5, 0.6) is 0 Å². The van der Waals surface area contributed by atoms with Gasteiger partial charge in [-0.15, -0.1) is 5.10 Å². The molecule has 1 aromatic carbocycles. The van der Waals surface area contributed by atoms with Crippen LogP contribution in [0.1, 0.15) is 32.1 Å². The summed E-state index contributed by atoms with van der Waals surface area (Å²) in [4.78, 5) is 25.9. The zero-order valence-corrected chi connectivity index (χ0v) is 13.5. The predicted octanol–water partition coefficient (Wildman–Crippen LogP) is 2.00. The molecule has 0 saturated carbocycles. The van der Waals surface area contributed by atoms with Crippen molar-refractivity contribution in [1.29, 1.82) is 0 Å². The number of anilines is 1. The predicted molar refractivity (Wildman–Crippen MR) is 89.7 cm³/mol. The quantitative estimate of drug-likeness (QED) is 0.931. The summed E-state index contributed by atoms with van der Waals surface area (Å²) in [7, 11) is 0. The standard InChI is InChI=1S/C17H21N5O2/c23-16(13-21-11-7-2-1-6-10-17(21)24)18-15-12-22(20-19-15)14-8-4-3-5-9-14/h3-5,8-9,12H,1-2,6-7,10-11,13H2,(H,18,23). The van der Waals surface area contributed by atoms with Crippen LogP contribution in [0.25, 0.3) is 5.69 Å². The molecule has 126 valence electrons. The number of hydrogen-bond acceptors (Lipinski definition) is 4. The molecule has 0 spiro atoms. The highest BCUT2D eigenvalue weighted by Crippen LogP contribution is 2.12. The molecule has 1 saturated heterocycles. The lowest BCUT2D eigenvalue weighted by Crippen LogP contribution is -2.39. The first kappa shape index (κ1) is 16.2. The maximum atomic E-state index is 12.2. The zero-order valence-electron chi connectivity index (χ0n) is 13.5. The van der Waals surface area contributed by atoms with Crippen LogP contribution in [-0.4, -0.2) is 44.8 Å². The molecule has 3 rings (SSSR count). The van der Waals surface area contributed by atoms with Crippen LogP contribution in [0, 0.1) is 0 Å². The monoisotopic (exact) mass is 327 g/mol. The molecule has 1 aliphatic heterocycles. The van der Waals surface area contributed by atoms with Gasteiger partial charge in [-0.05, 0) is 25.0 Å². The van der Waals surface area contributed by atoms with Crippen LogP contribution in [0.3, 0.4) is 0 Å². The molecule has 7 nitrogen and oxygen atoms in total. The lowest BCUT2D eigenvalue weighted by Gasteiger charge is -2.23. The van der Waals surface area contributed by atoms with Crippen LogP contribution in [0.4, 0.5) is 5.82 Å². The summed E-state index contributed by atoms with van der Waals surface area (Å²) in [5.41, 5.74) is 0.865. The maximum Gasteiger partial charge on any atom is 0.245 e. The van der Waals surface area contributed by atoms with Gasteiger partial charge in [0.05, 0.1) is 18.4 Å². The van der Waals surface area contributed by atoms with E-state index in [9.17, 15) is 9.59 Å². The van der Waals surface area contributed by atoms with E-state index in [-0.39, 0.29) is 18.4 Å². The molecule has 1 fully saturated rings. The summed E-state index contributed by atoms with van der Waals surface area (Å²) in [5, 5.41) is 10.7. The van der Waals surface area contributed by atoms with E-state index in [4.69, 9.17) is 0 Å². The van der Waals surface area contributed by atoms with Gasteiger partial charge in [-0.25, -0.2) is 4.68 Å². The van der Waals surface area contributed by atoms with Crippen LogP contribution in [0.15, 0.2) is 36.5 Å². The molecule has 0 aliphatic carbocycles. The van der Waals surface area contributed by atoms with E-state index >= 15 is 0 Å². The number of benzene rings is 1. The summed E-state index contributed by atoms with van der Waals surface area (Å²) in [5.74, 6) is 0.185. The second-order valence-electron chi connectivity index (χ2n) is 5.91. The van der Waals surface area contributed by atoms with Gasteiger partial charge in [-0.3, -0.25) is 9.59 Å². The lowest BCUT2D eigenvalue weighted by atomic mass is 10.1. The third-order valence-electron chi connectivity index (χ3n) is 4.04. The molecule has 0 bridgehead atoms. The van der Waals surface area contributed by atoms with Crippen molar-refractivity contribution < 1.29 is 9.59 Å². The third-order valence-corrected chi connectivity index (χ3v) is 4.04. The number of amides is 2. The van der Waals surface area contributed by atoms with Gasteiger partial charge in [-0.2, -0.15) is 0 Å². The van der Waals surface area contributed by atoms with Crippen molar-refractivity contribution in [2.24, 2.45) is 0 Å². The minimum absolute atomic E-state index is 0.0535. The van der Waals surface area contributed by atoms with Crippen molar-refractivity contribution in [1.82, 2.24) is 19.9 Å². The van der Waals surface area contributed by atoms with Gasteiger partial charge in [0.15, 0.2) is 5.82 Å². The van der Waals surface area contributed by atoms with Crippen LogP contribution in [-0.2, 0) is 9.59 Å². The van der Waals surface area contributed by atoms with E-state index in [1.54, 1.807) is 15.8 Å². The van der Waals surface area contributed by atoms with Gasteiger partial charge in [0, 0.05) is 13.0 Å². The Hall–Kier alpha value is -2.70. The first-order valence-electron chi connectivity index (χ1n) is 8.28. The highest BCUT2D eigenvalue weighted by molar-refractivity contribution is 5.93. The second-order valence-corrected chi connectivity index (χ2v) is 5.91. The van der Waals surface area contributed by atoms with Crippen molar-refractivity contribution in [2.45, 2.75) is 32.1 Å². The first-order valence-corrected chi connectivity index (χ1v) is 8.28. The Balaban J connectivity index is 1.58. The Labute approximate surface area is 140 Å². The molecule has 2 aromatic rings. The fourth-order valence-electron chi connectivity index (χ4n) is 2.77. The molecule has 1 aliphatic rings. The summed E-state index contributed by atoms with van der Waals surface area (Å²) >= 11 is 0. The van der Waals surface area contributed by atoms with Gasteiger partial charge >= 0.3 is 0 Å². The van der Waals surface area contributed by atoms with Crippen molar-refractivity contribution >= 4 is 17.6 Å². The molecule has 7 heteroatoms. The fourth-order valence-corrected chi connectivity index (χ4v) is 2.77. The fraction of sp³-hybridized carbons (Fsp3) is 0.412. The summed E-state index contributed by atoms with van der Waals surface area (Å²) in [6.07, 6.45) is 6.23. The molecule has 2 heterocycles. The van der Waals surface area contributed by atoms with Crippen LogP contribution < -0.4 is 5.32 Å². The van der Waals surface area contributed by atoms with Gasteiger partial charge in [-0.1, -0.05) is 36.3 Å². The minimum atomic E-state index is -0.246. The molecule has 24 heavy (non-hydrogen) atoms. The smallest absolute Gasteiger partial charge is 0.245 e. The van der Waals surface area contributed by atoms with E-state index in [0.29, 0.717) is 18.8 Å². The number of hydrogen-bond donors (Lipinski definition) is 1. The van der Waals surface area contributed by atoms with Gasteiger partial charge in [0.2, 0.25) is 11.8 Å². The summed E-state index contributed by atoms with van der Waals surface area (Å²) < 4.78 is 1.59. The number of carbonyl (C=O) groups is 2. The van der Waals surface area contributed by atoms with E-state index in [1.165, 1.54) is 0 Å². The Morgan fingerprint density at radius 2 is 1.92 bits per heavy atom. The average molecular weight is 327 g/mol. The highest BCUT2D eigenvalue weighted by Gasteiger charge is 2.19. The van der Waals surface area contributed by atoms with Gasteiger partial charge in [0.25, 0.3) is 0 Å². The number of aromatic nitrogens is 3. The minimum Gasteiger partial charge on any atom is -0.333 e. The molecule has 0 atom stereocenters. The van der Waals surface area contributed by atoms with Crippen LogP contribution >= 0.6 is 0 Å². The lowest BCUT2D eigenvalue weighted by molar-refractivity contribution is -0.135. The molecular formula is C17H21N5O2. The Bertz CT molecular complexity index is 698. The van der Waals surface area contributed by atoms with Crippen molar-refractivity contribution in [2.75, 3.05) is 18.4 Å². The topological polar surface area (TPSA) is 80.1 Å². The second kappa shape index (κ2) is 7.72. The molecule has 1 aromatic heterocycles. The highest BCUT2D eigenvalue weighted by atomic mass is 16.2. The normalized spacial score (nSPS) is 15.7.